The number of anilines is 2. The summed E-state index contributed by atoms with van der Waals surface area (Å²) in [6.45, 7) is 3.90. The molecule has 3 aromatic rings. The number of aromatic nitrogens is 3. The molecule has 30 heavy (non-hydrogen) atoms. The number of nitrogens with zero attached hydrogens (tertiary/aromatic N) is 2. The molecule has 4 N–H and O–H groups in total. The summed E-state index contributed by atoms with van der Waals surface area (Å²) in [5, 5.41) is 6.09. The van der Waals surface area contributed by atoms with E-state index in [0.717, 1.165) is 16.8 Å². The number of aromatic amines is 1. The zero-order valence-corrected chi connectivity index (χ0v) is 18.3. The molecule has 1 amide bonds. The Hall–Kier alpha value is -2.91. The number of rotatable bonds is 4. The Balaban J connectivity index is 0.00000160. The first-order valence-corrected chi connectivity index (χ1v) is 8.89. The molecule has 11 heteroatoms. The first kappa shape index (κ1) is 23.4. The molecule has 0 saturated heterocycles. The van der Waals surface area contributed by atoms with Gasteiger partial charge in [-0.1, -0.05) is 0 Å². The zero-order chi connectivity index (χ0) is 20.0. The van der Waals surface area contributed by atoms with E-state index in [1.54, 1.807) is 23.9 Å². The zero-order valence-electron chi connectivity index (χ0n) is 16.7. The summed E-state index contributed by atoms with van der Waals surface area (Å²) < 4.78 is 12.2. The minimum Gasteiger partial charge on any atom is -0.454 e. The Labute approximate surface area is 184 Å². The highest BCUT2D eigenvalue weighted by Crippen LogP contribution is 2.38. The van der Waals surface area contributed by atoms with Gasteiger partial charge in [0.15, 0.2) is 17.1 Å². The molecule has 0 unspecified atom stereocenters. The van der Waals surface area contributed by atoms with Crippen molar-refractivity contribution in [1.82, 2.24) is 14.8 Å². The number of hydrogen-bond acceptors (Lipinski definition) is 6. The van der Waals surface area contributed by atoms with E-state index in [1.807, 2.05) is 13.8 Å². The molecule has 4 rings (SSSR count). The lowest BCUT2D eigenvalue weighted by atomic mass is 10.00. The molecular formula is C19H23Cl2N5O4. The molecular weight excluding hydrogens is 433 g/mol. The SMILES string of the molecule is Cc1nc2c(c(C)c1CCC(=O)Nc1cc3c(cc1N)OCO3)c(=O)[nH]n2C.Cl.Cl. The van der Waals surface area contributed by atoms with Gasteiger partial charge in [-0.2, -0.15) is 0 Å². The fourth-order valence-electron chi connectivity index (χ4n) is 3.53. The highest BCUT2D eigenvalue weighted by molar-refractivity contribution is 5.95. The quantitative estimate of drug-likeness (QED) is 0.519. The molecule has 0 spiro atoms. The Morgan fingerprint density at radius 2 is 1.93 bits per heavy atom. The molecule has 9 nitrogen and oxygen atoms in total. The van der Waals surface area contributed by atoms with Gasteiger partial charge in [0.1, 0.15) is 0 Å². The van der Waals surface area contributed by atoms with Gasteiger partial charge in [0.25, 0.3) is 5.56 Å². The monoisotopic (exact) mass is 455 g/mol. The summed E-state index contributed by atoms with van der Waals surface area (Å²) in [5.41, 5.74) is 9.85. The van der Waals surface area contributed by atoms with E-state index in [1.165, 1.54) is 0 Å². The lowest BCUT2D eigenvalue weighted by Gasteiger charge is -2.12. The van der Waals surface area contributed by atoms with Gasteiger partial charge in [-0.3, -0.25) is 19.4 Å². The van der Waals surface area contributed by atoms with Crippen molar-refractivity contribution in [2.24, 2.45) is 7.05 Å². The Bertz CT molecular complexity index is 1170. The molecule has 0 bridgehead atoms. The number of H-pyrrole nitrogens is 1. The van der Waals surface area contributed by atoms with E-state index >= 15 is 0 Å². The van der Waals surface area contributed by atoms with Gasteiger partial charge in [-0.15, -0.1) is 24.8 Å². The van der Waals surface area contributed by atoms with Crippen LogP contribution < -0.4 is 26.1 Å². The topological polar surface area (TPSA) is 124 Å². The smallest absolute Gasteiger partial charge is 0.273 e. The van der Waals surface area contributed by atoms with Crippen LogP contribution in [-0.4, -0.2) is 27.5 Å². The van der Waals surface area contributed by atoms with Crippen molar-refractivity contribution < 1.29 is 14.3 Å². The molecule has 0 fully saturated rings. The van der Waals surface area contributed by atoms with E-state index in [-0.39, 0.29) is 49.5 Å². The number of ether oxygens (including phenoxy) is 2. The predicted molar refractivity (Wildman–Crippen MR) is 119 cm³/mol. The van der Waals surface area contributed by atoms with E-state index in [0.29, 0.717) is 40.3 Å². The fourth-order valence-corrected chi connectivity index (χ4v) is 3.53. The van der Waals surface area contributed by atoms with Gasteiger partial charge in [0.2, 0.25) is 12.7 Å². The van der Waals surface area contributed by atoms with Gasteiger partial charge < -0.3 is 20.5 Å². The van der Waals surface area contributed by atoms with Crippen LogP contribution in [0.15, 0.2) is 16.9 Å². The molecule has 3 heterocycles. The standard InChI is InChI=1S/C19H21N5O4.2ClH/c1-9-11(10(2)21-18-17(9)19(26)23-24(18)3)4-5-16(25)22-13-7-15-14(6-12(13)20)27-8-28-15;;/h6-7H,4-5,8,20H2,1-3H3,(H,22,25)(H,23,26);2*1H. The van der Waals surface area contributed by atoms with E-state index < -0.39 is 0 Å². The molecule has 162 valence electrons. The number of amides is 1. The average Bonchev–Trinajstić information content (AvgIpc) is 3.18. The number of halogens is 2. The summed E-state index contributed by atoms with van der Waals surface area (Å²) in [7, 11) is 1.75. The van der Waals surface area contributed by atoms with Crippen LogP contribution in [0.25, 0.3) is 11.0 Å². The van der Waals surface area contributed by atoms with Crippen molar-refractivity contribution in [1.29, 1.82) is 0 Å². The number of nitrogen functional groups attached to an aromatic ring is 1. The number of aryl methyl sites for hydroxylation is 3. The second-order valence-corrected chi connectivity index (χ2v) is 6.84. The lowest BCUT2D eigenvalue weighted by molar-refractivity contribution is -0.116. The molecule has 1 aliphatic rings. The molecule has 2 aromatic heterocycles. The van der Waals surface area contributed by atoms with Crippen molar-refractivity contribution in [3.63, 3.8) is 0 Å². The summed E-state index contributed by atoms with van der Waals surface area (Å²) in [6, 6.07) is 3.29. The Morgan fingerprint density at radius 1 is 1.27 bits per heavy atom. The maximum atomic E-state index is 12.5. The van der Waals surface area contributed by atoms with Gasteiger partial charge in [0.05, 0.1) is 16.8 Å². The summed E-state index contributed by atoms with van der Waals surface area (Å²) in [6.07, 6.45) is 0.693. The number of fused-ring (bicyclic) bond motifs is 2. The first-order chi connectivity index (χ1) is 13.3. The van der Waals surface area contributed by atoms with Crippen LogP contribution in [0.5, 0.6) is 11.5 Å². The fraction of sp³-hybridized carbons (Fsp3) is 0.316. The molecule has 0 radical (unpaired) electrons. The highest BCUT2D eigenvalue weighted by Gasteiger charge is 2.19. The summed E-state index contributed by atoms with van der Waals surface area (Å²) in [4.78, 5) is 29.1. The predicted octanol–water partition coefficient (Wildman–Crippen LogP) is 2.60. The second kappa shape index (κ2) is 8.85. The minimum absolute atomic E-state index is 0. The molecule has 1 aliphatic heterocycles. The number of pyridine rings is 1. The molecule has 0 atom stereocenters. The van der Waals surface area contributed by atoms with Crippen LogP contribution in [0.3, 0.4) is 0 Å². The Morgan fingerprint density at radius 3 is 2.63 bits per heavy atom. The van der Waals surface area contributed by atoms with Crippen LogP contribution in [0.2, 0.25) is 0 Å². The van der Waals surface area contributed by atoms with Crippen molar-refractivity contribution >= 4 is 53.1 Å². The number of hydrogen-bond donors (Lipinski definition) is 3. The third kappa shape index (κ3) is 4.03. The third-order valence-electron chi connectivity index (χ3n) is 5.00. The second-order valence-electron chi connectivity index (χ2n) is 6.84. The number of carbonyl (C=O) groups excluding carboxylic acids is 1. The molecule has 1 aromatic carbocycles. The molecule has 0 saturated carbocycles. The van der Waals surface area contributed by atoms with Gasteiger partial charge in [-0.25, -0.2) is 4.98 Å². The third-order valence-corrected chi connectivity index (χ3v) is 5.00. The normalized spacial score (nSPS) is 11.7. The number of carbonyl (C=O) groups is 1. The largest absolute Gasteiger partial charge is 0.454 e. The maximum Gasteiger partial charge on any atom is 0.273 e. The summed E-state index contributed by atoms with van der Waals surface area (Å²) >= 11 is 0. The van der Waals surface area contributed by atoms with E-state index in [9.17, 15) is 9.59 Å². The van der Waals surface area contributed by atoms with Crippen molar-refractivity contribution in [2.45, 2.75) is 26.7 Å². The van der Waals surface area contributed by atoms with E-state index in [2.05, 4.69) is 15.4 Å². The van der Waals surface area contributed by atoms with Crippen LogP contribution in [0.4, 0.5) is 11.4 Å². The van der Waals surface area contributed by atoms with Gasteiger partial charge in [-0.05, 0) is 31.4 Å². The van der Waals surface area contributed by atoms with Crippen LogP contribution >= 0.6 is 24.8 Å². The van der Waals surface area contributed by atoms with Crippen molar-refractivity contribution in [2.75, 3.05) is 17.8 Å². The number of benzene rings is 1. The van der Waals surface area contributed by atoms with Gasteiger partial charge >= 0.3 is 0 Å². The lowest BCUT2D eigenvalue weighted by Crippen LogP contribution is -2.14. The molecule has 0 aliphatic carbocycles. The van der Waals surface area contributed by atoms with Crippen LogP contribution in [0, 0.1) is 13.8 Å². The number of nitrogens with two attached hydrogens (primary N) is 1. The number of nitrogens with one attached hydrogen (secondary N) is 2. The van der Waals surface area contributed by atoms with E-state index in [4.69, 9.17) is 15.2 Å². The first-order valence-electron chi connectivity index (χ1n) is 8.89. The van der Waals surface area contributed by atoms with Gasteiger partial charge in [0, 0.05) is 31.3 Å². The minimum atomic E-state index is -0.188. The maximum absolute atomic E-state index is 12.5. The van der Waals surface area contributed by atoms with Crippen LogP contribution in [-0.2, 0) is 18.3 Å². The summed E-state index contributed by atoms with van der Waals surface area (Å²) in [5.74, 6) is 0.926. The van der Waals surface area contributed by atoms with Crippen molar-refractivity contribution in [3.05, 3.63) is 39.3 Å². The van der Waals surface area contributed by atoms with Crippen molar-refractivity contribution in [3.8, 4) is 11.5 Å². The average molecular weight is 456 g/mol. The highest BCUT2D eigenvalue weighted by atomic mass is 35.5. The Kier molecular flexibility index (Phi) is 6.89. The van der Waals surface area contributed by atoms with Crippen LogP contribution in [0.1, 0.15) is 23.2 Å².